The van der Waals surface area contributed by atoms with Crippen LogP contribution in [0, 0.1) is 6.92 Å². The van der Waals surface area contributed by atoms with E-state index in [9.17, 15) is 9.59 Å². The first-order valence-corrected chi connectivity index (χ1v) is 7.83. The van der Waals surface area contributed by atoms with E-state index < -0.39 is 5.91 Å². The first-order valence-electron chi connectivity index (χ1n) is 6.95. The van der Waals surface area contributed by atoms with Crippen molar-refractivity contribution in [3.63, 3.8) is 0 Å². The Morgan fingerprint density at radius 1 is 1.22 bits per heavy atom. The summed E-state index contributed by atoms with van der Waals surface area (Å²) in [6.07, 6.45) is 1.58. The van der Waals surface area contributed by atoms with Crippen molar-refractivity contribution in [3.05, 3.63) is 52.2 Å². The number of nitrogens with zero attached hydrogens (tertiary/aromatic N) is 1. The van der Waals surface area contributed by atoms with Crippen molar-refractivity contribution in [2.75, 3.05) is 13.2 Å². The maximum absolute atomic E-state index is 11.6. The van der Waals surface area contributed by atoms with Crippen LogP contribution < -0.4 is 15.5 Å². The van der Waals surface area contributed by atoms with Gasteiger partial charge in [-0.3, -0.25) is 9.59 Å². The molecule has 7 heteroatoms. The van der Waals surface area contributed by atoms with Gasteiger partial charge in [0, 0.05) is 4.88 Å². The van der Waals surface area contributed by atoms with Gasteiger partial charge < -0.3 is 10.1 Å². The lowest BCUT2D eigenvalue weighted by molar-refractivity contribution is -0.127. The number of rotatable bonds is 7. The average Bonchev–Trinajstić information content (AvgIpc) is 2.97. The topological polar surface area (TPSA) is 79.8 Å². The molecule has 0 spiro atoms. The molecule has 2 aromatic rings. The number of nitrogens with one attached hydrogen (secondary N) is 2. The molecule has 2 N–H and O–H groups in total. The number of hydrazone groups is 1. The van der Waals surface area contributed by atoms with Crippen LogP contribution in [0.4, 0.5) is 0 Å². The molecule has 6 nitrogen and oxygen atoms in total. The average molecular weight is 331 g/mol. The Morgan fingerprint density at radius 2 is 2.00 bits per heavy atom. The van der Waals surface area contributed by atoms with E-state index in [2.05, 4.69) is 15.8 Å². The van der Waals surface area contributed by atoms with Crippen LogP contribution in [0.1, 0.15) is 10.4 Å². The van der Waals surface area contributed by atoms with E-state index in [0.717, 1.165) is 10.4 Å². The Kier molecular flexibility index (Phi) is 6.31. The monoisotopic (exact) mass is 331 g/mol. The fourth-order valence-electron chi connectivity index (χ4n) is 1.61. The van der Waals surface area contributed by atoms with Crippen LogP contribution in [0.25, 0.3) is 0 Å². The highest BCUT2D eigenvalue weighted by Crippen LogP contribution is 2.12. The van der Waals surface area contributed by atoms with Gasteiger partial charge in [0.25, 0.3) is 11.8 Å². The lowest BCUT2D eigenvalue weighted by atomic mass is 10.3. The minimum absolute atomic E-state index is 0.144. The van der Waals surface area contributed by atoms with Gasteiger partial charge in [-0.05, 0) is 36.1 Å². The van der Waals surface area contributed by atoms with Gasteiger partial charge in [0.15, 0.2) is 6.61 Å². The standard InChI is InChI=1S/C16H17N3O3S/c1-12-7-8-23-14(12)9-18-19-15(20)10-17-16(21)11-22-13-5-3-2-4-6-13/h2-9H,10-11H2,1H3,(H,17,21)(H,19,20)/b18-9+. The van der Waals surface area contributed by atoms with E-state index in [1.165, 1.54) is 11.3 Å². The molecule has 0 saturated heterocycles. The summed E-state index contributed by atoms with van der Waals surface area (Å²) in [5.41, 5.74) is 3.46. The van der Waals surface area contributed by atoms with E-state index >= 15 is 0 Å². The number of benzene rings is 1. The van der Waals surface area contributed by atoms with Gasteiger partial charge in [0.2, 0.25) is 0 Å². The molecule has 0 aliphatic heterocycles. The zero-order valence-electron chi connectivity index (χ0n) is 12.6. The number of hydrogen-bond acceptors (Lipinski definition) is 5. The molecule has 0 aliphatic carbocycles. The molecular weight excluding hydrogens is 314 g/mol. The van der Waals surface area contributed by atoms with Gasteiger partial charge >= 0.3 is 0 Å². The van der Waals surface area contributed by atoms with Crippen molar-refractivity contribution in [2.24, 2.45) is 5.10 Å². The molecule has 2 rings (SSSR count). The molecule has 0 saturated carbocycles. The van der Waals surface area contributed by atoms with Gasteiger partial charge in [-0.2, -0.15) is 5.10 Å². The molecule has 0 aliphatic rings. The Labute approximate surface area is 138 Å². The fourth-order valence-corrected chi connectivity index (χ4v) is 2.40. The summed E-state index contributed by atoms with van der Waals surface area (Å²) in [6.45, 7) is 1.67. The maximum Gasteiger partial charge on any atom is 0.259 e. The summed E-state index contributed by atoms with van der Waals surface area (Å²) >= 11 is 1.54. The second kappa shape index (κ2) is 8.70. The first kappa shape index (κ1) is 16.7. The van der Waals surface area contributed by atoms with Crippen LogP contribution >= 0.6 is 11.3 Å². The number of ether oxygens (including phenoxy) is 1. The molecule has 0 fully saturated rings. The Hall–Kier alpha value is -2.67. The molecule has 0 unspecified atom stereocenters. The molecule has 1 heterocycles. The second-order valence-electron chi connectivity index (χ2n) is 4.64. The van der Waals surface area contributed by atoms with Gasteiger partial charge in [0.1, 0.15) is 5.75 Å². The minimum Gasteiger partial charge on any atom is -0.484 e. The van der Waals surface area contributed by atoms with Crippen molar-refractivity contribution in [1.82, 2.24) is 10.7 Å². The summed E-state index contributed by atoms with van der Waals surface area (Å²) in [7, 11) is 0. The maximum atomic E-state index is 11.6. The van der Waals surface area contributed by atoms with E-state index in [1.807, 2.05) is 36.6 Å². The van der Waals surface area contributed by atoms with Gasteiger partial charge in [-0.1, -0.05) is 18.2 Å². The van der Waals surface area contributed by atoms with Crippen molar-refractivity contribution in [2.45, 2.75) is 6.92 Å². The highest BCUT2D eigenvalue weighted by atomic mass is 32.1. The van der Waals surface area contributed by atoms with E-state index in [1.54, 1.807) is 18.3 Å². The van der Waals surface area contributed by atoms with Gasteiger partial charge in [0.05, 0.1) is 12.8 Å². The smallest absolute Gasteiger partial charge is 0.259 e. The molecule has 23 heavy (non-hydrogen) atoms. The van der Waals surface area contributed by atoms with Crippen LogP contribution in [0.2, 0.25) is 0 Å². The number of hydrogen-bond donors (Lipinski definition) is 2. The molecule has 120 valence electrons. The highest BCUT2D eigenvalue weighted by Gasteiger charge is 2.05. The molecular formula is C16H17N3O3S. The fraction of sp³-hybridized carbons (Fsp3) is 0.188. The highest BCUT2D eigenvalue weighted by molar-refractivity contribution is 7.11. The lowest BCUT2D eigenvalue weighted by Crippen LogP contribution is -2.37. The summed E-state index contributed by atoms with van der Waals surface area (Å²) < 4.78 is 5.27. The lowest BCUT2D eigenvalue weighted by Gasteiger charge is -2.06. The third kappa shape index (κ3) is 5.91. The molecule has 2 amide bonds. The number of carbonyl (C=O) groups is 2. The number of carbonyl (C=O) groups excluding carboxylic acids is 2. The molecule has 1 aromatic heterocycles. The number of aryl methyl sites for hydroxylation is 1. The normalized spacial score (nSPS) is 10.5. The summed E-state index contributed by atoms with van der Waals surface area (Å²) in [4.78, 5) is 24.1. The molecule has 0 bridgehead atoms. The predicted molar refractivity (Wildman–Crippen MR) is 89.7 cm³/mol. The minimum atomic E-state index is -0.400. The Morgan fingerprint density at radius 3 is 2.70 bits per heavy atom. The van der Waals surface area contributed by atoms with Crippen molar-refractivity contribution < 1.29 is 14.3 Å². The molecule has 0 radical (unpaired) electrons. The zero-order chi connectivity index (χ0) is 16.5. The van der Waals surface area contributed by atoms with E-state index in [-0.39, 0.29) is 19.1 Å². The zero-order valence-corrected chi connectivity index (χ0v) is 13.4. The third-order valence-electron chi connectivity index (χ3n) is 2.83. The number of thiophene rings is 1. The first-order chi connectivity index (χ1) is 11.1. The van der Waals surface area contributed by atoms with Crippen LogP contribution in [0.3, 0.4) is 0 Å². The second-order valence-corrected chi connectivity index (χ2v) is 5.59. The van der Waals surface area contributed by atoms with E-state index in [4.69, 9.17) is 4.74 Å². The summed E-state index contributed by atoms with van der Waals surface area (Å²) in [5, 5.41) is 8.26. The van der Waals surface area contributed by atoms with Gasteiger partial charge in [-0.15, -0.1) is 11.3 Å². The van der Waals surface area contributed by atoms with Gasteiger partial charge in [-0.25, -0.2) is 5.43 Å². The van der Waals surface area contributed by atoms with Crippen LogP contribution in [-0.4, -0.2) is 31.2 Å². The van der Waals surface area contributed by atoms with Crippen molar-refractivity contribution in [3.8, 4) is 5.75 Å². The third-order valence-corrected chi connectivity index (χ3v) is 3.79. The Balaban J connectivity index is 1.65. The van der Waals surface area contributed by atoms with Crippen LogP contribution in [0.5, 0.6) is 5.75 Å². The number of amides is 2. The van der Waals surface area contributed by atoms with Crippen LogP contribution in [0.15, 0.2) is 46.9 Å². The largest absolute Gasteiger partial charge is 0.484 e. The molecule has 0 atom stereocenters. The van der Waals surface area contributed by atoms with Crippen molar-refractivity contribution >= 4 is 29.4 Å². The quantitative estimate of drug-likeness (QED) is 0.599. The van der Waals surface area contributed by atoms with E-state index in [0.29, 0.717) is 5.75 Å². The summed E-state index contributed by atoms with van der Waals surface area (Å²) in [5.74, 6) is -0.173. The van der Waals surface area contributed by atoms with Crippen molar-refractivity contribution in [1.29, 1.82) is 0 Å². The predicted octanol–water partition coefficient (Wildman–Crippen LogP) is 1.70. The molecule has 1 aromatic carbocycles. The number of para-hydroxylation sites is 1. The van der Waals surface area contributed by atoms with Crippen LogP contribution in [-0.2, 0) is 9.59 Å². The Bertz CT molecular complexity index is 683. The summed E-state index contributed by atoms with van der Waals surface area (Å²) in [6, 6.07) is 11.0. The SMILES string of the molecule is Cc1ccsc1/C=N/NC(=O)CNC(=O)COc1ccccc1.